The van der Waals surface area contributed by atoms with Gasteiger partial charge in [-0.05, 0) is 30.7 Å². The summed E-state index contributed by atoms with van der Waals surface area (Å²) in [5, 5.41) is 2.19. The lowest BCUT2D eigenvalue weighted by Crippen LogP contribution is -2.05. The van der Waals surface area contributed by atoms with Gasteiger partial charge in [-0.3, -0.25) is 0 Å². The predicted octanol–water partition coefficient (Wildman–Crippen LogP) is 4.28. The minimum absolute atomic E-state index is 0.245. The highest BCUT2D eigenvalue weighted by atomic mass is 16.5. The summed E-state index contributed by atoms with van der Waals surface area (Å²) < 4.78 is 5.26. The zero-order valence-corrected chi connectivity index (χ0v) is 11.5. The molecule has 3 rings (SSSR count). The highest BCUT2D eigenvalue weighted by molar-refractivity contribution is 6.09. The monoisotopic (exact) mass is 267 g/mol. The van der Waals surface area contributed by atoms with Crippen molar-refractivity contribution in [2.24, 2.45) is 0 Å². The Kier molecular flexibility index (Phi) is 3.42. The first kappa shape index (κ1) is 12.7. The molecule has 1 aromatic heterocycles. The molecule has 20 heavy (non-hydrogen) atoms. The van der Waals surface area contributed by atoms with Crippen LogP contribution in [-0.4, -0.2) is 17.6 Å². The number of hydrogen-bond donors (Lipinski definition) is 1. The zero-order chi connectivity index (χ0) is 13.9. The molecule has 2 aromatic carbocycles. The van der Waals surface area contributed by atoms with Gasteiger partial charge in [-0.1, -0.05) is 31.5 Å². The molecule has 0 aliphatic carbocycles. The number of hydrogen-bond acceptors (Lipinski definition) is 2. The third kappa shape index (κ3) is 2.27. The van der Waals surface area contributed by atoms with E-state index in [0.717, 1.165) is 34.6 Å². The third-order valence-corrected chi connectivity index (χ3v) is 3.47. The molecule has 102 valence electrons. The molecular formula is C17H17NO2. The van der Waals surface area contributed by atoms with Gasteiger partial charge in [0, 0.05) is 21.8 Å². The van der Waals surface area contributed by atoms with Crippen LogP contribution in [0.1, 0.15) is 30.1 Å². The number of unbranched alkanes of at least 4 members (excludes halogenated alkanes) is 1. The Morgan fingerprint density at radius 2 is 1.90 bits per heavy atom. The second-order valence-corrected chi connectivity index (χ2v) is 4.92. The molecule has 0 unspecified atom stereocenters. The van der Waals surface area contributed by atoms with Gasteiger partial charge in [0.15, 0.2) is 0 Å². The normalized spacial score (nSPS) is 11.1. The van der Waals surface area contributed by atoms with E-state index in [-0.39, 0.29) is 5.97 Å². The predicted molar refractivity (Wildman–Crippen MR) is 81.0 cm³/mol. The van der Waals surface area contributed by atoms with E-state index in [2.05, 4.69) is 18.0 Å². The second kappa shape index (κ2) is 5.37. The van der Waals surface area contributed by atoms with Gasteiger partial charge in [-0.2, -0.15) is 0 Å². The Balaban J connectivity index is 1.97. The van der Waals surface area contributed by atoms with E-state index in [1.165, 1.54) is 0 Å². The van der Waals surface area contributed by atoms with Crippen molar-refractivity contribution in [3.05, 3.63) is 48.0 Å². The third-order valence-electron chi connectivity index (χ3n) is 3.47. The van der Waals surface area contributed by atoms with Crippen molar-refractivity contribution in [3.8, 4) is 0 Å². The molecule has 1 heterocycles. The fourth-order valence-electron chi connectivity index (χ4n) is 2.37. The van der Waals surface area contributed by atoms with Crippen LogP contribution in [0.4, 0.5) is 0 Å². The van der Waals surface area contributed by atoms with Gasteiger partial charge in [-0.25, -0.2) is 4.79 Å². The average molecular weight is 267 g/mol. The molecular weight excluding hydrogens is 250 g/mol. The molecule has 0 spiro atoms. The van der Waals surface area contributed by atoms with Gasteiger partial charge < -0.3 is 9.72 Å². The van der Waals surface area contributed by atoms with Crippen LogP contribution >= 0.6 is 0 Å². The number of para-hydroxylation sites is 1. The number of rotatable bonds is 4. The van der Waals surface area contributed by atoms with Crippen molar-refractivity contribution in [2.45, 2.75) is 19.8 Å². The molecule has 0 saturated carbocycles. The van der Waals surface area contributed by atoms with Crippen LogP contribution < -0.4 is 0 Å². The van der Waals surface area contributed by atoms with Crippen molar-refractivity contribution in [1.29, 1.82) is 0 Å². The fourth-order valence-corrected chi connectivity index (χ4v) is 2.37. The molecule has 3 nitrogen and oxygen atoms in total. The number of H-pyrrole nitrogens is 1. The zero-order valence-electron chi connectivity index (χ0n) is 11.5. The lowest BCUT2D eigenvalue weighted by Gasteiger charge is -2.03. The summed E-state index contributed by atoms with van der Waals surface area (Å²) >= 11 is 0. The number of carbonyl (C=O) groups excluding carboxylic acids is 1. The van der Waals surface area contributed by atoms with E-state index in [1.54, 1.807) is 0 Å². The highest BCUT2D eigenvalue weighted by Crippen LogP contribution is 2.26. The van der Waals surface area contributed by atoms with Gasteiger partial charge in [0.1, 0.15) is 0 Å². The molecule has 0 atom stereocenters. The number of esters is 1. The summed E-state index contributed by atoms with van der Waals surface area (Å²) in [5.41, 5.74) is 2.73. The van der Waals surface area contributed by atoms with Gasteiger partial charge >= 0.3 is 5.97 Å². The van der Waals surface area contributed by atoms with Crippen LogP contribution in [-0.2, 0) is 4.74 Å². The number of ether oxygens (including phenoxy) is 1. The number of benzene rings is 2. The standard InChI is InChI=1S/C17H17NO2/c1-2-3-10-20-17(19)12-8-9-16-14(11-12)13-6-4-5-7-15(13)18-16/h4-9,11,18H,2-3,10H2,1H3. The number of aromatic amines is 1. The molecule has 3 heteroatoms. The Morgan fingerprint density at radius 3 is 2.75 bits per heavy atom. The Hall–Kier alpha value is -2.29. The smallest absolute Gasteiger partial charge is 0.338 e. The van der Waals surface area contributed by atoms with E-state index in [0.29, 0.717) is 12.2 Å². The number of nitrogens with one attached hydrogen (secondary N) is 1. The first-order chi connectivity index (χ1) is 9.79. The van der Waals surface area contributed by atoms with E-state index in [4.69, 9.17) is 4.74 Å². The van der Waals surface area contributed by atoms with Crippen LogP contribution in [0.15, 0.2) is 42.5 Å². The van der Waals surface area contributed by atoms with Gasteiger partial charge in [0.05, 0.1) is 12.2 Å². The van der Waals surface area contributed by atoms with E-state index < -0.39 is 0 Å². The minimum atomic E-state index is -0.245. The first-order valence-electron chi connectivity index (χ1n) is 6.97. The summed E-state index contributed by atoms with van der Waals surface area (Å²) in [6, 6.07) is 13.7. The molecule has 0 aliphatic heterocycles. The van der Waals surface area contributed by atoms with Crippen LogP contribution in [0.5, 0.6) is 0 Å². The second-order valence-electron chi connectivity index (χ2n) is 4.92. The Bertz CT molecular complexity index is 758. The maximum Gasteiger partial charge on any atom is 0.338 e. The van der Waals surface area contributed by atoms with E-state index in [9.17, 15) is 4.79 Å². The SMILES string of the molecule is CCCCOC(=O)c1ccc2[nH]c3ccccc3c2c1. The van der Waals surface area contributed by atoms with Gasteiger partial charge in [-0.15, -0.1) is 0 Å². The van der Waals surface area contributed by atoms with Crippen molar-refractivity contribution in [3.63, 3.8) is 0 Å². The summed E-state index contributed by atoms with van der Waals surface area (Å²) in [4.78, 5) is 15.3. The van der Waals surface area contributed by atoms with Crippen LogP contribution in [0.25, 0.3) is 21.8 Å². The van der Waals surface area contributed by atoms with E-state index >= 15 is 0 Å². The molecule has 0 saturated heterocycles. The quantitative estimate of drug-likeness (QED) is 0.566. The number of carbonyl (C=O) groups is 1. The maximum atomic E-state index is 12.0. The summed E-state index contributed by atoms with van der Waals surface area (Å²) in [6.07, 6.45) is 1.93. The molecule has 0 amide bonds. The van der Waals surface area contributed by atoms with Crippen molar-refractivity contribution >= 4 is 27.8 Å². The van der Waals surface area contributed by atoms with Gasteiger partial charge in [0.25, 0.3) is 0 Å². The molecule has 1 N–H and O–H groups in total. The summed E-state index contributed by atoms with van der Waals surface area (Å²) in [6.45, 7) is 2.56. The highest BCUT2D eigenvalue weighted by Gasteiger charge is 2.10. The van der Waals surface area contributed by atoms with Crippen LogP contribution in [0, 0.1) is 0 Å². The Morgan fingerprint density at radius 1 is 1.10 bits per heavy atom. The van der Waals surface area contributed by atoms with Crippen molar-refractivity contribution < 1.29 is 9.53 Å². The molecule has 0 radical (unpaired) electrons. The van der Waals surface area contributed by atoms with Crippen molar-refractivity contribution in [1.82, 2.24) is 4.98 Å². The first-order valence-corrected chi connectivity index (χ1v) is 6.97. The van der Waals surface area contributed by atoms with Gasteiger partial charge in [0.2, 0.25) is 0 Å². The fraction of sp³-hybridized carbons (Fsp3) is 0.235. The maximum absolute atomic E-state index is 12.0. The summed E-state index contributed by atoms with van der Waals surface area (Å²) in [5.74, 6) is -0.245. The van der Waals surface area contributed by atoms with E-state index in [1.807, 2.05) is 36.4 Å². The number of aromatic nitrogens is 1. The molecule has 0 bridgehead atoms. The molecule has 3 aromatic rings. The molecule has 0 aliphatic rings. The van der Waals surface area contributed by atoms with Crippen LogP contribution in [0.2, 0.25) is 0 Å². The lowest BCUT2D eigenvalue weighted by molar-refractivity contribution is 0.0500. The summed E-state index contributed by atoms with van der Waals surface area (Å²) in [7, 11) is 0. The van der Waals surface area contributed by atoms with Crippen LogP contribution in [0.3, 0.4) is 0 Å². The molecule has 0 fully saturated rings. The lowest BCUT2D eigenvalue weighted by atomic mass is 10.1. The number of fused-ring (bicyclic) bond motifs is 3. The topological polar surface area (TPSA) is 42.1 Å². The largest absolute Gasteiger partial charge is 0.462 e. The minimum Gasteiger partial charge on any atom is -0.462 e. The Labute approximate surface area is 117 Å². The average Bonchev–Trinajstić information content (AvgIpc) is 2.85. The van der Waals surface area contributed by atoms with Crippen molar-refractivity contribution in [2.75, 3.05) is 6.61 Å².